The van der Waals surface area contributed by atoms with Gasteiger partial charge in [0.25, 0.3) is 0 Å². The van der Waals surface area contributed by atoms with Crippen LogP contribution in [0.1, 0.15) is 23.4 Å². The van der Waals surface area contributed by atoms with E-state index in [0.29, 0.717) is 0 Å². The molecule has 2 atom stereocenters. The number of morpholine rings is 1. The Morgan fingerprint density at radius 3 is 2.53 bits per heavy atom. The van der Waals surface area contributed by atoms with Gasteiger partial charge in [0.1, 0.15) is 11.9 Å². The lowest BCUT2D eigenvalue weighted by atomic mass is 9.96. The van der Waals surface area contributed by atoms with E-state index in [1.807, 2.05) is 0 Å². The summed E-state index contributed by atoms with van der Waals surface area (Å²) in [5.74, 6) is 0.983. The molecule has 1 fully saturated rings. The van der Waals surface area contributed by atoms with Crippen LogP contribution in [0.4, 0.5) is 0 Å². The normalized spacial score (nSPS) is 21.8. The van der Waals surface area contributed by atoms with Gasteiger partial charge in [-0.2, -0.15) is 0 Å². The molecule has 3 heterocycles. The molecule has 0 bridgehead atoms. The van der Waals surface area contributed by atoms with Crippen LogP contribution >= 0.6 is 0 Å². The number of aromatic nitrogens is 1. The molecular formula is C26H26N2O2. The molecule has 0 amide bonds. The molecule has 4 heteroatoms. The van der Waals surface area contributed by atoms with Crippen molar-refractivity contribution in [3.05, 3.63) is 78.0 Å². The van der Waals surface area contributed by atoms with Crippen LogP contribution in [-0.2, 0) is 4.74 Å². The highest BCUT2D eigenvalue weighted by Crippen LogP contribution is 2.44. The molecule has 1 aromatic heterocycles. The van der Waals surface area contributed by atoms with Gasteiger partial charge in [-0.1, -0.05) is 48.5 Å². The van der Waals surface area contributed by atoms with Gasteiger partial charge in [0.05, 0.1) is 24.8 Å². The fraction of sp³-hybridized carbons (Fsp3) is 0.308. The summed E-state index contributed by atoms with van der Waals surface area (Å²) in [5, 5.41) is 3.78. The third-order valence-electron chi connectivity index (χ3n) is 6.60. The summed E-state index contributed by atoms with van der Waals surface area (Å²) in [6, 6.07) is 24.2. The van der Waals surface area contributed by atoms with E-state index in [1.54, 1.807) is 0 Å². The standard InChI is InChI=1S/C26H26N2O2/c1-18-15-21-7-4-8-24-25(21)28(18)23(17-27-11-13-29-14-12-27)26(30-24)22-10-9-19-5-2-3-6-20(19)16-22/h2-10,15-16,23,26H,11-14,17H2,1H3/t23?,26-/m1/s1. The van der Waals surface area contributed by atoms with E-state index in [2.05, 4.69) is 83.1 Å². The molecule has 6 rings (SSSR count). The third kappa shape index (κ3) is 2.91. The minimum Gasteiger partial charge on any atom is -0.481 e. The largest absolute Gasteiger partial charge is 0.481 e. The maximum absolute atomic E-state index is 6.73. The Morgan fingerprint density at radius 1 is 0.867 bits per heavy atom. The van der Waals surface area contributed by atoms with Crippen LogP contribution in [0.15, 0.2) is 66.7 Å². The van der Waals surface area contributed by atoms with Crippen LogP contribution < -0.4 is 4.74 Å². The first-order valence-corrected chi connectivity index (χ1v) is 10.8. The zero-order valence-electron chi connectivity index (χ0n) is 17.3. The molecule has 4 aromatic rings. The second-order valence-corrected chi connectivity index (χ2v) is 8.48. The van der Waals surface area contributed by atoms with Crippen molar-refractivity contribution in [3.63, 3.8) is 0 Å². The zero-order valence-corrected chi connectivity index (χ0v) is 17.3. The summed E-state index contributed by atoms with van der Waals surface area (Å²) in [6.07, 6.45) is -0.0262. The van der Waals surface area contributed by atoms with Crippen molar-refractivity contribution in [2.45, 2.75) is 19.1 Å². The number of hydrogen-bond acceptors (Lipinski definition) is 3. The minimum absolute atomic E-state index is 0.0262. The second-order valence-electron chi connectivity index (χ2n) is 8.48. The molecule has 0 radical (unpaired) electrons. The van der Waals surface area contributed by atoms with Crippen LogP contribution in [-0.4, -0.2) is 42.3 Å². The quantitative estimate of drug-likeness (QED) is 0.480. The lowest BCUT2D eigenvalue weighted by Crippen LogP contribution is -2.43. The van der Waals surface area contributed by atoms with Crippen molar-refractivity contribution in [1.82, 2.24) is 9.47 Å². The zero-order chi connectivity index (χ0) is 20.1. The number of para-hydroxylation sites is 1. The van der Waals surface area contributed by atoms with Crippen LogP contribution in [0.25, 0.3) is 21.7 Å². The minimum atomic E-state index is -0.0262. The van der Waals surface area contributed by atoms with E-state index in [4.69, 9.17) is 9.47 Å². The van der Waals surface area contributed by atoms with Crippen molar-refractivity contribution in [2.24, 2.45) is 0 Å². The monoisotopic (exact) mass is 398 g/mol. The Balaban J connectivity index is 1.48. The highest BCUT2D eigenvalue weighted by atomic mass is 16.5. The molecule has 0 saturated carbocycles. The van der Waals surface area contributed by atoms with Crippen LogP contribution in [0.3, 0.4) is 0 Å². The average molecular weight is 399 g/mol. The summed E-state index contributed by atoms with van der Waals surface area (Å²) in [5.41, 5.74) is 3.76. The smallest absolute Gasteiger partial charge is 0.146 e. The van der Waals surface area contributed by atoms with Crippen LogP contribution in [0.2, 0.25) is 0 Å². The molecule has 0 spiro atoms. The van der Waals surface area contributed by atoms with E-state index >= 15 is 0 Å². The number of hydrogen-bond donors (Lipinski definition) is 0. The molecule has 1 unspecified atom stereocenters. The van der Waals surface area contributed by atoms with E-state index in [0.717, 1.165) is 38.6 Å². The van der Waals surface area contributed by atoms with Crippen LogP contribution in [0.5, 0.6) is 5.75 Å². The maximum Gasteiger partial charge on any atom is 0.146 e. The summed E-state index contributed by atoms with van der Waals surface area (Å²) in [7, 11) is 0. The second kappa shape index (κ2) is 7.15. The summed E-state index contributed by atoms with van der Waals surface area (Å²) >= 11 is 0. The molecule has 2 aliphatic rings. The number of rotatable bonds is 3. The van der Waals surface area contributed by atoms with Gasteiger partial charge < -0.3 is 14.0 Å². The van der Waals surface area contributed by atoms with Gasteiger partial charge in [-0.3, -0.25) is 4.90 Å². The molecule has 1 saturated heterocycles. The first-order valence-electron chi connectivity index (χ1n) is 10.8. The van der Waals surface area contributed by atoms with E-state index in [9.17, 15) is 0 Å². The van der Waals surface area contributed by atoms with E-state index in [1.165, 1.54) is 32.9 Å². The number of fused-ring (bicyclic) bond motifs is 1. The van der Waals surface area contributed by atoms with Crippen molar-refractivity contribution < 1.29 is 9.47 Å². The predicted octanol–water partition coefficient (Wildman–Crippen LogP) is 5.11. The first kappa shape index (κ1) is 18.0. The molecular weight excluding hydrogens is 372 g/mol. The predicted molar refractivity (Wildman–Crippen MR) is 120 cm³/mol. The molecule has 0 aliphatic carbocycles. The fourth-order valence-electron chi connectivity index (χ4n) is 5.16. The van der Waals surface area contributed by atoms with Gasteiger partial charge in [0, 0.05) is 30.7 Å². The van der Waals surface area contributed by atoms with Gasteiger partial charge in [0.2, 0.25) is 0 Å². The summed E-state index contributed by atoms with van der Waals surface area (Å²) in [4.78, 5) is 2.52. The number of ether oxygens (including phenoxy) is 2. The fourth-order valence-corrected chi connectivity index (χ4v) is 5.16. The molecule has 3 aromatic carbocycles. The molecule has 152 valence electrons. The Bertz CT molecular complexity index is 1220. The van der Waals surface area contributed by atoms with Gasteiger partial charge in [-0.25, -0.2) is 0 Å². The first-order chi connectivity index (χ1) is 14.8. The van der Waals surface area contributed by atoms with Crippen molar-refractivity contribution in [1.29, 1.82) is 0 Å². The van der Waals surface area contributed by atoms with Crippen molar-refractivity contribution in [3.8, 4) is 5.75 Å². The molecule has 4 nitrogen and oxygen atoms in total. The summed E-state index contributed by atoms with van der Waals surface area (Å²) < 4.78 is 14.8. The van der Waals surface area contributed by atoms with Gasteiger partial charge in [0.15, 0.2) is 0 Å². The Morgan fingerprint density at radius 2 is 1.67 bits per heavy atom. The highest BCUT2D eigenvalue weighted by Gasteiger charge is 2.35. The average Bonchev–Trinajstić information content (AvgIpc) is 3.13. The SMILES string of the molecule is Cc1cc2cccc3c2n1C(CN1CCOCC1)[C@@H](c1ccc2ccccc2c1)O3. The molecule has 2 aliphatic heterocycles. The van der Waals surface area contributed by atoms with Gasteiger partial charge in [-0.15, -0.1) is 0 Å². The number of benzene rings is 3. The Hall–Kier alpha value is -2.82. The lowest BCUT2D eigenvalue weighted by molar-refractivity contribution is 0.0165. The lowest BCUT2D eigenvalue weighted by Gasteiger charge is -2.39. The number of aryl methyl sites for hydroxylation is 1. The maximum atomic E-state index is 6.73. The topological polar surface area (TPSA) is 26.6 Å². The molecule has 30 heavy (non-hydrogen) atoms. The van der Waals surface area contributed by atoms with E-state index in [-0.39, 0.29) is 12.1 Å². The van der Waals surface area contributed by atoms with E-state index < -0.39 is 0 Å². The van der Waals surface area contributed by atoms with Crippen molar-refractivity contribution in [2.75, 3.05) is 32.8 Å². The highest BCUT2D eigenvalue weighted by molar-refractivity contribution is 5.88. The number of nitrogens with zero attached hydrogens (tertiary/aromatic N) is 2. The van der Waals surface area contributed by atoms with Crippen molar-refractivity contribution >= 4 is 21.7 Å². The Labute approximate surface area is 176 Å². The van der Waals surface area contributed by atoms with Gasteiger partial charge >= 0.3 is 0 Å². The molecule has 0 N–H and O–H groups in total. The third-order valence-corrected chi connectivity index (χ3v) is 6.60. The Kier molecular flexibility index (Phi) is 4.29. The van der Waals surface area contributed by atoms with Crippen LogP contribution in [0, 0.1) is 6.92 Å². The summed E-state index contributed by atoms with van der Waals surface area (Å²) in [6.45, 7) is 6.76. The van der Waals surface area contributed by atoms with Gasteiger partial charge in [-0.05, 0) is 41.5 Å².